The van der Waals surface area contributed by atoms with Crippen molar-refractivity contribution in [3.63, 3.8) is 0 Å². The number of benzene rings is 2. The van der Waals surface area contributed by atoms with Crippen LogP contribution in [0.15, 0.2) is 65.5 Å². The second-order valence-electron chi connectivity index (χ2n) is 6.87. The lowest BCUT2D eigenvalue weighted by molar-refractivity contribution is 0.0937. The van der Waals surface area contributed by atoms with Gasteiger partial charge in [0.05, 0.1) is 0 Å². The van der Waals surface area contributed by atoms with Gasteiger partial charge in [-0.15, -0.1) is 0 Å². The van der Waals surface area contributed by atoms with Gasteiger partial charge in [0.25, 0.3) is 11.5 Å². The number of nitrogens with one attached hydrogen (secondary N) is 1. The third-order valence-corrected chi connectivity index (χ3v) is 5.18. The van der Waals surface area contributed by atoms with Crippen molar-refractivity contribution in [3.05, 3.63) is 82.3 Å². The number of hydrogen-bond donors (Lipinski definition) is 1. The molecule has 0 unspecified atom stereocenters. The third kappa shape index (κ3) is 3.15. The molecule has 1 heterocycles. The Bertz CT molecular complexity index is 988. The zero-order chi connectivity index (χ0) is 17.9. The van der Waals surface area contributed by atoms with E-state index in [-0.39, 0.29) is 17.5 Å². The highest BCUT2D eigenvalue weighted by Gasteiger charge is 2.26. The molecule has 0 atom stereocenters. The molecule has 1 amide bonds. The zero-order valence-corrected chi connectivity index (χ0v) is 14.7. The quantitative estimate of drug-likeness (QED) is 0.766. The van der Waals surface area contributed by atoms with Gasteiger partial charge in [0.1, 0.15) is 5.69 Å². The summed E-state index contributed by atoms with van der Waals surface area (Å²) in [7, 11) is 0. The van der Waals surface area contributed by atoms with Crippen molar-refractivity contribution in [2.75, 3.05) is 6.54 Å². The largest absolute Gasteiger partial charge is 0.350 e. The normalized spacial score (nSPS) is 14.2. The SMILES string of the molecule is O=C(NCCc1ccccc1)c1cc2ccccc2c(=O)n1C1CCC1. The highest BCUT2D eigenvalue weighted by molar-refractivity contribution is 5.96. The van der Waals surface area contributed by atoms with Gasteiger partial charge in [-0.2, -0.15) is 0 Å². The predicted molar refractivity (Wildman–Crippen MR) is 104 cm³/mol. The van der Waals surface area contributed by atoms with Gasteiger partial charge >= 0.3 is 0 Å². The van der Waals surface area contributed by atoms with Crippen molar-refractivity contribution in [2.24, 2.45) is 0 Å². The fourth-order valence-corrected chi connectivity index (χ4v) is 3.51. The summed E-state index contributed by atoms with van der Waals surface area (Å²) in [6.07, 6.45) is 3.80. The van der Waals surface area contributed by atoms with Crippen LogP contribution in [-0.2, 0) is 6.42 Å². The Labute approximate surface area is 152 Å². The minimum absolute atomic E-state index is 0.0546. The van der Waals surface area contributed by atoms with Gasteiger partial charge in [-0.05, 0) is 48.8 Å². The van der Waals surface area contributed by atoms with Crippen LogP contribution in [0.25, 0.3) is 10.8 Å². The van der Waals surface area contributed by atoms with Crippen molar-refractivity contribution in [3.8, 4) is 0 Å². The molecule has 0 spiro atoms. The molecule has 1 aliphatic carbocycles. The average Bonchev–Trinajstić information content (AvgIpc) is 2.63. The van der Waals surface area contributed by atoms with Gasteiger partial charge in [-0.3, -0.25) is 9.59 Å². The fraction of sp³-hybridized carbons (Fsp3) is 0.273. The number of pyridine rings is 1. The molecule has 132 valence electrons. The highest BCUT2D eigenvalue weighted by atomic mass is 16.2. The first kappa shape index (κ1) is 16.6. The molecule has 0 bridgehead atoms. The van der Waals surface area contributed by atoms with Crippen LogP contribution < -0.4 is 10.9 Å². The van der Waals surface area contributed by atoms with Crippen LogP contribution in [0, 0.1) is 0 Å². The maximum atomic E-state index is 13.0. The summed E-state index contributed by atoms with van der Waals surface area (Å²) in [6.45, 7) is 0.550. The number of fused-ring (bicyclic) bond motifs is 1. The van der Waals surface area contributed by atoms with Crippen LogP contribution in [0.4, 0.5) is 0 Å². The lowest BCUT2D eigenvalue weighted by Gasteiger charge is -2.30. The summed E-state index contributed by atoms with van der Waals surface area (Å²) in [5.41, 5.74) is 1.61. The van der Waals surface area contributed by atoms with Crippen molar-refractivity contribution >= 4 is 16.7 Å². The molecule has 1 fully saturated rings. The Kier molecular flexibility index (Phi) is 4.57. The lowest BCUT2D eigenvalue weighted by Crippen LogP contribution is -2.37. The number of aromatic nitrogens is 1. The van der Waals surface area contributed by atoms with Crippen LogP contribution in [0.5, 0.6) is 0 Å². The van der Waals surface area contributed by atoms with Gasteiger partial charge < -0.3 is 9.88 Å². The van der Waals surface area contributed by atoms with Crippen LogP contribution in [0.1, 0.15) is 41.4 Å². The van der Waals surface area contributed by atoms with Crippen molar-refractivity contribution < 1.29 is 4.79 Å². The molecule has 26 heavy (non-hydrogen) atoms. The highest BCUT2D eigenvalue weighted by Crippen LogP contribution is 2.32. The summed E-state index contributed by atoms with van der Waals surface area (Å²) in [5, 5.41) is 4.49. The summed E-state index contributed by atoms with van der Waals surface area (Å²) < 4.78 is 1.71. The van der Waals surface area contributed by atoms with E-state index < -0.39 is 0 Å². The topological polar surface area (TPSA) is 51.1 Å². The van der Waals surface area contributed by atoms with Crippen LogP contribution in [0.3, 0.4) is 0 Å². The van der Waals surface area contributed by atoms with E-state index in [0.29, 0.717) is 17.6 Å². The van der Waals surface area contributed by atoms with Crippen molar-refractivity contribution in [1.29, 1.82) is 0 Å². The number of nitrogens with zero attached hydrogens (tertiary/aromatic N) is 1. The van der Waals surface area contributed by atoms with Gasteiger partial charge in [0.15, 0.2) is 0 Å². The van der Waals surface area contributed by atoms with E-state index in [1.54, 1.807) is 4.57 Å². The second-order valence-corrected chi connectivity index (χ2v) is 6.87. The standard InChI is InChI=1S/C22H22N2O2/c25-21(23-14-13-16-7-2-1-3-8-16)20-15-17-9-4-5-12-19(17)22(26)24(20)18-10-6-11-18/h1-5,7-9,12,15,18H,6,10-11,13-14H2,(H,23,25). The van der Waals surface area contributed by atoms with Crippen LogP contribution >= 0.6 is 0 Å². The molecule has 3 aromatic rings. The first-order valence-corrected chi connectivity index (χ1v) is 9.20. The first-order valence-electron chi connectivity index (χ1n) is 9.20. The van der Waals surface area contributed by atoms with E-state index in [9.17, 15) is 9.59 Å². The Balaban J connectivity index is 1.61. The van der Waals surface area contributed by atoms with Gasteiger partial charge in [0.2, 0.25) is 0 Å². The van der Waals surface area contributed by atoms with E-state index >= 15 is 0 Å². The van der Waals surface area contributed by atoms with Gasteiger partial charge in [0, 0.05) is 18.0 Å². The molecule has 1 N–H and O–H groups in total. The monoisotopic (exact) mass is 346 g/mol. The van der Waals surface area contributed by atoms with E-state index in [0.717, 1.165) is 31.1 Å². The molecule has 1 aromatic heterocycles. The molecule has 0 saturated heterocycles. The fourth-order valence-electron chi connectivity index (χ4n) is 3.51. The smallest absolute Gasteiger partial charge is 0.268 e. The van der Waals surface area contributed by atoms with Crippen molar-refractivity contribution in [2.45, 2.75) is 31.7 Å². The molecule has 4 nitrogen and oxygen atoms in total. The average molecular weight is 346 g/mol. The molecular weight excluding hydrogens is 324 g/mol. The Morgan fingerprint density at radius 1 is 1.04 bits per heavy atom. The van der Waals surface area contributed by atoms with E-state index in [1.165, 1.54) is 5.56 Å². The summed E-state index contributed by atoms with van der Waals surface area (Å²) >= 11 is 0. The molecule has 2 aromatic carbocycles. The minimum atomic E-state index is -0.171. The number of carbonyl (C=O) groups is 1. The third-order valence-electron chi connectivity index (χ3n) is 5.18. The molecule has 1 aliphatic rings. The Hall–Kier alpha value is -2.88. The Morgan fingerprint density at radius 3 is 2.50 bits per heavy atom. The second kappa shape index (κ2) is 7.16. The number of carbonyl (C=O) groups excluding carboxylic acids is 1. The van der Waals surface area contributed by atoms with E-state index in [1.807, 2.05) is 60.7 Å². The maximum absolute atomic E-state index is 13.0. The van der Waals surface area contributed by atoms with Crippen LogP contribution in [-0.4, -0.2) is 17.0 Å². The lowest BCUT2D eigenvalue weighted by atomic mass is 9.92. The maximum Gasteiger partial charge on any atom is 0.268 e. The van der Waals surface area contributed by atoms with Gasteiger partial charge in [-0.1, -0.05) is 48.5 Å². The first-order chi connectivity index (χ1) is 12.7. The molecule has 0 radical (unpaired) electrons. The van der Waals surface area contributed by atoms with Crippen molar-refractivity contribution in [1.82, 2.24) is 9.88 Å². The minimum Gasteiger partial charge on any atom is -0.350 e. The molecule has 4 rings (SSSR count). The molecule has 1 saturated carbocycles. The zero-order valence-electron chi connectivity index (χ0n) is 14.7. The predicted octanol–water partition coefficient (Wildman–Crippen LogP) is 3.70. The molecular formula is C22H22N2O2. The summed E-state index contributed by atoms with van der Waals surface area (Å²) in [5.74, 6) is -0.171. The van der Waals surface area contributed by atoms with E-state index in [2.05, 4.69) is 5.32 Å². The van der Waals surface area contributed by atoms with Gasteiger partial charge in [-0.25, -0.2) is 0 Å². The number of amides is 1. The van der Waals surface area contributed by atoms with E-state index in [4.69, 9.17) is 0 Å². The summed E-state index contributed by atoms with van der Waals surface area (Å²) in [6, 6.07) is 19.6. The number of rotatable bonds is 5. The molecule has 4 heteroatoms. The summed E-state index contributed by atoms with van der Waals surface area (Å²) in [4.78, 5) is 25.8. The van der Waals surface area contributed by atoms with Crippen LogP contribution in [0.2, 0.25) is 0 Å². The Morgan fingerprint density at radius 2 is 1.77 bits per heavy atom. The number of hydrogen-bond acceptors (Lipinski definition) is 2. The molecule has 0 aliphatic heterocycles.